The van der Waals surface area contributed by atoms with Gasteiger partial charge in [-0.25, -0.2) is 17.9 Å². The molecule has 4 N–H and O–H groups in total. The van der Waals surface area contributed by atoms with E-state index in [1.807, 2.05) is 0 Å². The van der Waals surface area contributed by atoms with E-state index in [4.69, 9.17) is 0 Å². The number of hydrogen-bond acceptors (Lipinski definition) is 6. The van der Waals surface area contributed by atoms with Gasteiger partial charge in [0.15, 0.2) is 0 Å². The number of nitrogens with one attached hydrogen (secondary N) is 4. The molecule has 1 aromatic carbocycles. The van der Waals surface area contributed by atoms with Gasteiger partial charge < -0.3 is 5.32 Å². The normalized spacial score (nSPS) is 26.9. The van der Waals surface area contributed by atoms with Gasteiger partial charge in [0.05, 0.1) is 10.6 Å². The molecule has 3 aliphatic rings. The van der Waals surface area contributed by atoms with E-state index in [1.54, 1.807) is 0 Å². The third kappa shape index (κ3) is 5.14. The first kappa shape index (κ1) is 23.5. The first-order valence-corrected chi connectivity index (χ1v) is 12.7. The molecular weight excluding hydrogens is 446 g/mol. The lowest BCUT2D eigenvalue weighted by atomic mass is 9.64. The third-order valence-corrected chi connectivity index (χ3v) is 7.87. The Balaban J connectivity index is 1.33. The lowest BCUT2D eigenvalue weighted by Crippen LogP contribution is -2.54. The molecule has 2 atom stereocenters. The number of rotatable bonds is 7. The van der Waals surface area contributed by atoms with Crippen molar-refractivity contribution in [3.63, 3.8) is 0 Å². The van der Waals surface area contributed by atoms with Gasteiger partial charge in [-0.15, -0.1) is 0 Å². The molecule has 1 heterocycles. The maximum absolute atomic E-state index is 13.1. The fourth-order valence-electron chi connectivity index (χ4n) is 5.18. The summed E-state index contributed by atoms with van der Waals surface area (Å²) in [6.45, 7) is 5.83. The summed E-state index contributed by atoms with van der Waals surface area (Å²) in [6, 6.07) is 5.38. The summed E-state index contributed by atoms with van der Waals surface area (Å²) in [5.74, 6) is -0.648. The van der Waals surface area contributed by atoms with Crippen molar-refractivity contribution >= 4 is 33.6 Å². The summed E-state index contributed by atoms with van der Waals surface area (Å²) in [5, 5.41) is 2.85. The van der Waals surface area contributed by atoms with E-state index in [2.05, 4.69) is 41.7 Å². The van der Waals surface area contributed by atoms with Crippen molar-refractivity contribution in [3.8, 4) is 0 Å². The van der Waals surface area contributed by atoms with Gasteiger partial charge in [0.25, 0.3) is 11.8 Å². The first-order chi connectivity index (χ1) is 15.4. The number of urea groups is 1. The maximum atomic E-state index is 13.1. The van der Waals surface area contributed by atoms with E-state index >= 15 is 0 Å². The van der Waals surface area contributed by atoms with Crippen molar-refractivity contribution < 1.29 is 22.8 Å². The lowest BCUT2D eigenvalue weighted by Gasteiger charge is -2.43. The van der Waals surface area contributed by atoms with Crippen LogP contribution in [0.2, 0.25) is 0 Å². The summed E-state index contributed by atoms with van der Waals surface area (Å²) in [7, 11) is -3.55. The van der Waals surface area contributed by atoms with E-state index in [9.17, 15) is 22.8 Å². The van der Waals surface area contributed by atoms with Gasteiger partial charge in [-0.2, -0.15) is 0 Å². The smallest absolute Gasteiger partial charge is 0.323 e. The molecule has 3 fully saturated rings. The van der Waals surface area contributed by atoms with E-state index < -0.39 is 34.0 Å². The molecule has 1 aromatic rings. The summed E-state index contributed by atoms with van der Waals surface area (Å²) < 4.78 is 27.1. The standard InChI is InChI=1S/C22H31N5O5S/c1-14-10-21(2,3)13-22(11-14)19(29)27(20(30)23-22)12-18(28)25-24-15-6-8-17(9-7-15)33(31,32)26-16-4-5-16/h6-9,14,16,24,26H,4-5,10-13H2,1-3H3,(H,23,30)(H,25,28). The zero-order valence-electron chi connectivity index (χ0n) is 19.1. The molecule has 2 aliphatic carbocycles. The highest BCUT2D eigenvalue weighted by Crippen LogP contribution is 2.46. The number of amides is 4. The van der Waals surface area contributed by atoms with Crippen molar-refractivity contribution in [2.75, 3.05) is 12.0 Å². The monoisotopic (exact) mass is 477 g/mol. The molecule has 1 spiro atoms. The van der Waals surface area contributed by atoms with Crippen LogP contribution in [0.1, 0.15) is 52.9 Å². The topological polar surface area (TPSA) is 137 Å². The summed E-state index contributed by atoms with van der Waals surface area (Å²) in [4.78, 5) is 39.2. The fourth-order valence-corrected chi connectivity index (χ4v) is 6.49. The van der Waals surface area contributed by atoms with E-state index in [0.29, 0.717) is 18.5 Å². The van der Waals surface area contributed by atoms with Crippen molar-refractivity contribution in [1.29, 1.82) is 0 Å². The predicted molar refractivity (Wildman–Crippen MR) is 121 cm³/mol. The molecular formula is C22H31N5O5S. The predicted octanol–water partition coefficient (Wildman–Crippen LogP) is 1.71. The molecule has 2 unspecified atom stereocenters. The van der Waals surface area contributed by atoms with Gasteiger partial charge in [0, 0.05) is 6.04 Å². The Morgan fingerprint density at radius 3 is 2.42 bits per heavy atom. The highest BCUT2D eigenvalue weighted by atomic mass is 32.2. The lowest BCUT2D eigenvalue weighted by molar-refractivity contribution is -0.137. The van der Waals surface area contributed by atoms with Crippen LogP contribution in [-0.2, 0) is 19.6 Å². The minimum Gasteiger partial charge on any atom is -0.323 e. The van der Waals surface area contributed by atoms with Gasteiger partial charge in [-0.1, -0.05) is 20.8 Å². The Hall–Kier alpha value is -2.66. The minimum absolute atomic E-state index is 0.0135. The van der Waals surface area contributed by atoms with Gasteiger partial charge in [-0.05, 0) is 67.7 Å². The first-order valence-electron chi connectivity index (χ1n) is 11.2. The third-order valence-electron chi connectivity index (χ3n) is 6.34. The second-order valence-electron chi connectivity index (χ2n) is 10.4. The van der Waals surface area contributed by atoms with Crippen LogP contribution in [0.4, 0.5) is 10.5 Å². The Bertz CT molecular complexity index is 1070. The molecule has 1 aliphatic heterocycles. The number of carbonyl (C=O) groups excluding carboxylic acids is 3. The Labute approximate surface area is 193 Å². The van der Waals surface area contributed by atoms with Crippen LogP contribution < -0.4 is 20.9 Å². The Morgan fingerprint density at radius 2 is 1.82 bits per heavy atom. The van der Waals surface area contributed by atoms with Gasteiger partial charge in [-0.3, -0.25) is 25.3 Å². The molecule has 1 saturated heterocycles. The van der Waals surface area contributed by atoms with Gasteiger partial charge in [0.1, 0.15) is 12.1 Å². The molecule has 11 heteroatoms. The van der Waals surface area contributed by atoms with Crippen molar-refractivity contribution in [2.45, 2.75) is 69.4 Å². The van der Waals surface area contributed by atoms with Crippen molar-refractivity contribution in [3.05, 3.63) is 24.3 Å². The average Bonchev–Trinajstić information content (AvgIpc) is 3.48. The van der Waals surface area contributed by atoms with Crippen LogP contribution >= 0.6 is 0 Å². The number of anilines is 1. The Morgan fingerprint density at radius 1 is 1.15 bits per heavy atom. The zero-order chi connectivity index (χ0) is 24.0. The van der Waals surface area contributed by atoms with Crippen LogP contribution in [0.15, 0.2) is 29.2 Å². The van der Waals surface area contributed by atoms with Gasteiger partial charge >= 0.3 is 6.03 Å². The maximum Gasteiger partial charge on any atom is 0.325 e. The highest BCUT2D eigenvalue weighted by molar-refractivity contribution is 7.89. The number of nitrogens with zero attached hydrogens (tertiary/aromatic N) is 1. The van der Waals surface area contributed by atoms with E-state index in [-0.39, 0.29) is 28.2 Å². The van der Waals surface area contributed by atoms with Crippen molar-refractivity contribution in [1.82, 2.24) is 20.4 Å². The Kier molecular flexibility index (Phi) is 5.90. The number of benzene rings is 1. The SMILES string of the molecule is CC1CC(C)(C)CC2(C1)NC(=O)N(CC(=O)NNc1ccc(S(=O)(=O)NC3CC3)cc1)C2=O. The molecule has 0 radical (unpaired) electrons. The summed E-state index contributed by atoms with van der Waals surface area (Å²) >= 11 is 0. The second kappa shape index (κ2) is 8.28. The van der Waals surface area contributed by atoms with Crippen LogP contribution in [0.5, 0.6) is 0 Å². The molecule has 0 aromatic heterocycles. The van der Waals surface area contributed by atoms with Crippen LogP contribution in [0, 0.1) is 11.3 Å². The molecule has 4 amide bonds. The molecule has 0 bridgehead atoms. The van der Waals surface area contributed by atoms with Crippen LogP contribution in [0.25, 0.3) is 0 Å². The van der Waals surface area contributed by atoms with E-state index in [1.165, 1.54) is 24.3 Å². The molecule has 180 valence electrons. The molecule has 33 heavy (non-hydrogen) atoms. The summed E-state index contributed by atoms with van der Waals surface area (Å²) in [5.41, 5.74) is 4.56. The van der Waals surface area contributed by atoms with Gasteiger partial charge in [0.2, 0.25) is 10.0 Å². The number of hydrazine groups is 1. The summed E-state index contributed by atoms with van der Waals surface area (Å²) in [6.07, 6.45) is 3.76. The fraction of sp³-hybridized carbons (Fsp3) is 0.591. The minimum atomic E-state index is -3.55. The van der Waals surface area contributed by atoms with Crippen LogP contribution in [-0.4, -0.2) is 49.3 Å². The number of hydrogen-bond donors (Lipinski definition) is 4. The quantitative estimate of drug-likeness (QED) is 0.349. The van der Waals surface area contributed by atoms with Crippen molar-refractivity contribution in [2.24, 2.45) is 11.3 Å². The number of imide groups is 1. The molecule has 4 rings (SSSR count). The highest BCUT2D eigenvalue weighted by Gasteiger charge is 2.56. The molecule has 10 nitrogen and oxygen atoms in total. The zero-order valence-corrected chi connectivity index (χ0v) is 19.9. The van der Waals surface area contributed by atoms with E-state index in [0.717, 1.165) is 24.2 Å². The second-order valence-corrected chi connectivity index (χ2v) is 12.1. The average molecular weight is 478 g/mol. The molecule has 2 saturated carbocycles. The van der Waals surface area contributed by atoms with Crippen LogP contribution in [0.3, 0.4) is 0 Å². The number of carbonyl (C=O) groups is 3. The number of sulfonamides is 1. The largest absolute Gasteiger partial charge is 0.325 e.